The molecule has 0 saturated heterocycles. The molecule has 0 spiro atoms. The van der Waals surface area contributed by atoms with Crippen molar-refractivity contribution in [3.05, 3.63) is 94.0 Å². The average Bonchev–Trinajstić information content (AvgIpc) is 2.86. The van der Waals surface area contributed by atoms with Crippen LogP contribution in [-0.2, 0) is 14.4 Å². The Balaban J connectivity index is 1.42. The van der Waals surface area contributed by atoms with Crippen LogP contribution in [0.15, 0.2) is 77.9 Å². The number of hydrogen-bond donors (Lipinski definition) is 3. The summed E-state index contributed by atoms with van der Waals surface area (Å²) in [4.78, 5) is 36.0. The zero-order valence-electron chi connectivity index (χ0n) is 18.6. The van der Waals surface area contributed by atoms with E-state index in [0.717, 1.165) is 5.56 Å². The molecular weight excluding hydrogens is 491 g/mol. The fourth-order valence-electron chi connectivity index (χ4n) is 2.89. The summed E-state index contributed by atoms with van der Waals surface area (Å²) in [5.41, 5.74) is 4.11. The molecule has 0 radical (unpaired) electrons. The second-order valence-corrected chi connectivity index (χ2v) is 8.15. The van der Waals surface area contributed by atoms with Gasteiger partial charge in [-0.05, 0) is 60.5 Å². The molecule has 3 rings (SSSR count). The second-order valence-electron chi connectivity index (χ2n) is 7.34. The van der Waals surface area contributed by atoms with Crippen LogP contribution in [0, 0.1) is 0 Å². The Labute approximate surface area is 212 Å². The first-order chi connectivity index (χ1) is 16.8. The van der Waals surface area contributed by atoms with Crippen LogP contribution in [0.2, 0.25) is 10.0 Å². The van der Waals surface area contributed by atoms with Gasteiger partial charge in [0.05, 0.1) is 22.3 Å². The summed E-state index contributed by atoms with van der Waals surface area (Å²) in [7, 11) is 0. The van der Waals surface area contributed by atoms with Gasteiger partial charge >= 0.3 is 11.8 Å². The van der Waals surface area contributed by atoms with Crippen molar-refractivity contribution >= 4 is 52.8 Å². The van der Waals surface area contributed by atoms with Gasteiger partial charge in [0.2, 0.25) is 0 Å². The van der Waals surface area contributed by atoms with E-state index in [2.05, 4.69) is 21.2 Å². The third kappa shape index (κ3) is 8.13. The normalized spacial score (nSPS) is 11.5. The highest BCUT2D eigenvalue weighted by Gasteiger charge is 2.13. The lowest BCUT2D eigenvalue weighted by Gasteiger charge is -2.14. The molecule has 3 amide bonds. The Kier molecular flexibility index (Phi) is 9.23. The van der Waals surface area contributed by atoms with E-state index in [1.54, 1.807) is 24.3 Å². The van der Waals surface area contributed by atoms with Gasteiger partial charge in [-0.3, -0.25) is 14.4 Å². The van der Waals surface area contributed by atoms with Crippen molar-refractivity contribution < 1.29 is 19.1 Å². The Bertz CT molecular complexity index is 1220. The Morgan fingerprint density at radius 1 is 0.943 bits per heavy atom. The van der Waals surface area contributed by atoms with E-state index in [1.807, 2.05) is 37.3 Å². The molecule has 0 heterocycles. The van der Waals surface area contributed by atoms with E-state index in [1.165, 1.54) is 24.4 Å². The van der Waals surface area contributed by atoms with E-state index >= 15 is 0 Å². The molecule has 0 aliphatic rings. The van der Waals surface area contributed by atoms with Gasteiger partial charge in [0.15, 0.2) is 6.61 Å². The molecule has 0 aliphatic heterocycles. The van der Waals surface area contributed by atoms with Gasteiger partial charge in [-0.2, -0.15) is 5.10 Å². The quantitative estimate of drug-likeness (QED) is 0.237. The van der Waals surface area contributed by atoms with E-state index in [9.17, 15) is 14.4 Å². The molecule has 3 aromatic rings. The molecule has 3 N–H and O–H groups in total. The SMILES string of the molecule is C[C@H](NC(=O)COc1ccc(/C=N\NC(=O)C(=O)Nc2ccc(Cl)c(Cl)c2)cc1)c1ccccc1. The van der Waals surface area contributed by atoms with Crippen LogP contribution in [-0.4, -0.2) is 30.5 Å². The summed E-state index contributed by atoms with van der Waals surface area (Å²) in [6.07, 6.45) is 1.36. The minimum absolute atomic E-state index is 0.130. The lowest BCUT2D eigenvalue weighted by atomic mass is 10.1. The topological polar surface area (TPSA) is 109 Å². The predicted octanol–water partition coefficient (Wildman–Crippen LogP) is 4.34. The number of nitrogens with one attached hydrogen (secondary N) is 3. The van der Waals surface area contributed by atoms with Crippen molar-refractivity contribution in [2.75, 3.05) is 11.9 Å². The Hall–Kier alpha value is -3.88. The van der Waals surface area contributed by atoms with Crippen molar-refractivity contribution in [3.63, 3.8) is 0 Å². The van der Waals surface area contributed by atoms with Crippen molar-refractivity contribution in [1.29, 1.82) is 0 Å². The first-order valence-electron chi connectivity index (χ1n) is 10.5. The molecular formula is C25H22Cl2N4O4. The fraction of sp³-hybridized carbons (Fsp3) is 0.120. The summed E-state index contributed by atoms with van der Waals surface area (Å²) >= 11 is 11.7. The number of hydrogen-bond acceptors (Lipinski definition) is 5. The summed E-state index contributed by atoms with van der Waals surface area (Å²) in [6.45, 7) is 1.77. The molecule has 3 aromatic carbocycles. The molecule has 0 saturated carbocycles. The third-order valence-electron chi connectivity index (χ3n) is 4.69. The average molecular weight is 513 g/mol. The van der Waals surface area contributed by atoms with Gasteiger partial charge in [0, 0.05) is 5.69 Å². The van der Waals surface area contributed by atoms with Crippen molar-refractivity contribution in [1.82, 2.24) is 10.7 Å². The lowest BCUT2D eigenvalue weighted by molar-refractivity contribution is -0.136. The minimum Gasteiger partial charge on any atom is -0.484 e. The van der Waals surface area contributed by atoms with Gasteiger partial charge in [-0.15, -0.1) is 0 Å². The zero-order valence-corrected chi connectivity index (χ0v) is 20.1. The summed E-state index contributed by atoms with van der Waals surface area (Å²) in [6, 6.07) is 20.6. The highest BCUT2D eigenvalue weighted by Crippen LogP contribution is 2.24. The number of amides is 3. The first-order valence-corrected chi connectivity index (χ1v) is 11.2. The number of carbonyl (C=O) groups is 3. The number of halogens is 2. The molecule has 0 fully saturated rings. The number of rotatable bonds is 8. The third-order valence-corrected chi connectivity index (χ3v) is 5.43. The summed E-state index contributed by atoms with van der Waals surface area (Å²) in [5, 5.41) is 9.61. The van der Waals surface area contributed by atoms with Crippen molar-refractivity contribution in [2.45, 2.75) is 13.0 Å². The van der Waals surface area contributed by atoms with Crippen molar-refractivity contribution in [2.24, 2.45) is 5.10 Å². The van der Waals surface area contributed by atoms with Crippen LogP contribution in [0.3, 0.4) is 0 Å². The summed E-state index contributed by atoms with van der Waals surface area (Å²) in [5.74, 6) is -1.62. The number of ether oxygens (including phenoxy) is 1. The molecule has 0 bridgehead atoms. The number of anilines is 1. The molecule has 10 heteroatoms. The molecule has 180 valence electrons. The Morgan fingerprint density at radius 3 is 2.34 bits per heavy atom. The van der Waals surface area contributed by atoms with Crippen LogP contribution in [0.1, 0.15) is 24.1 Å². The molecule has 35 heavy (non-hydrogen) atoms. The monoisotopic (exact) mass is 512 g/mol. The number of benzene rings is 3. The molecule has 0 unspecified atom stereocenters. The highest BCUT2D eigenvalue weighted by atomic mass is 35.5. The zero-order chi connectivity index (χ0) is 25.2. The second kappa shape index (κ2) is 12.5. The van der Waals surface area contributed by atoms with Crippen LogP contribution in [0.5, 0.6) is 5.75 Å². The maximum Gasteiger partial charge on any atom is 0.329 e. The molecule has 8 nitrogen and oxygen atoms in total. The van der Waals surface area contributed by atoms with E-state index in [0.29, 0.717) is 22.0 Å². The van der Waals surface area contributed by atoms with Gasteiger partial charge in [-0.1, -0.05) is 53.5 Å². The Morgan fingerprint density at radius 2 is 1.66 bits per heavy atom. The number of nitrogens with zero attached hydrogens (tertiary/aromatic N) is 1. The predicted molar refractivity (Wildman–Crippen MR) is 136 cm³/mol. The van der Waals surface area contributed by atoms with Gasteiger partial charge in [0.25, 0.3) is 5.91 Å². The van der Waals surface area contributed by atoms with E-state index in [-0.39, 0.29) is 23.6 Å². The van der Waals surface area contributed by atoms with Crippen LogP contribution < -0.4 is 20.8 Å². The maximum atomic E-state index is 12.1. The first kappa shape index (κ1) is 25.7. The van der Waals surface area contributed by atoms with Gasteiger partial charge in [0.1, 0.15) is 5.75 Å². The minimum atomic E-state index is -0.956. The fourth-order valence-corrected chi connectivity index (χ4v) is 3.18. The highest BCUT2D eigenvalue weighted by molar-refractivity contribution is 6.43. The lowest BCUT2D eigenvalue weighted by Crippen LogP contribution is -2.32. The molecule has 0 aliphatic carbocycles. The van der Waals surface area contributed by atoms with Crippen LogP contribution in [0.25, 0.3) is 0 Å². The number of carbonyl (C=O) groups excluding carboxylic acids is 3. The van der Waals surface area contributed by atoms with Gasteiger partial charge < -0.3 is 15.4 Å². The van der Waals surface area contributed by atoms with E-state index < -0.39 is 11.8 Å². The van der Waals surface area contributed by atoms with Crippen LogP contribution in [0.4, 0.5) is 5.69 Å². The summed E-state index contributed by atoms with van der Waals surface area (Å²) < 4.78 is 5.51. The van der Waals surface area contributed by atoms with Crippen molar-refractivity contribution in [3.8, 4) is 5.75 Å². The molecule has 0 aromatic heterocycles. The van der Waals surface area contributed by atoms with Gasteiger partial charge in [-0.25, -0.2) is 5.43 Å². The molecule has 1 atom stereocenters. The van der Waals surface area contributed by atoms with E-state index in [4.69, 9.17) is 27.9 Å². The largest absolute Gasteiger partial charge is 0.484 e. The standard InChI is InChI=1S/C25H22Cl2N4O4/c1-16(18-5-3-2-4-6-18)29-23(32)15-35-20-10-7-17(8-11-20)14-28-31-25(34)24(33)30-19-9-12-21(26)22(27)13-19/h2-14,16H,15H2,1H3,(H,29,32)(H,30,33)(H,31,34)/b28-14-/t16-/m0/s1. The maximum absolute atomic E-state index is 12.1. The number of hydrazone groups is 1. The van der Waals surface area contributed by atoms with Crippen LogP contribution >= 0.6 is 23.2 Å². The smallest absolute Gasteiger partial charge is 0.329 e.